The molecule has 0 unspecified atom stereocenters. The van der Waals surface area contributed by atoms with E-state index in [-0.39, 0.29) is 5.92 Å². The van der Waals surface area contributed by atoms with Crippen LogP contribution in [0.25, 0.3) is 0 Å². The molecule has 2 heteroatoms. The molecule has 1 fully saturated rings. The van der Waals surface area contributed by atoms with Gasteiger partial charge in [-0.05, 0) is 37.3 Å². The number of carbonyl (C=O) groups excluding carboxylic acids is 1. The van der Waals surface area contributed by atoms with E-state index in [1.807, 2.05) is 19.1 Å². The van der Waals surface area contributed by atoms with Gasteiger partial charge in [0.25, 0.3) is 0 Å². The second-order valence-electron chi connectivity index (χ2n) is 5.37. The van der Waals surface area contributed by atoms with Gasteiger partial charge in [0.1, 0.15) is 5.78 Å². The summed E-state index contributed by atoms with van der Waals surface area (Å²) < 4.78 is 0. The fourth-order valence-corrected chi connectivity index (χ4v) is 2.59. The topological polar surface area (TPSA) is 30.0 Å². The molecule has 1 saturated carbocycles. The van der Waals surface area contributed by atoms with Crippen LogP contribution in [0.2, 0.25) is 0 Å². The van der Waals surface area contributed by atoms with Gasteiger partial charge in [0.05, 0.1) is 5.69 Å². The lowest BCUT2D eigenvalue weighted by Crippen LogP contribution is -2.22. The number of hydrogen-bond acceptors (Lipinski definition) is 2. The minimum atomic E-state index is 0.285. The summed E-state index contributed by atoms with van der Waals surface area (Å²) >= 11 is 0. The van der Waals surface area contributed by atoms with Gasteiger partial charge in [0.15, 0.2) is 0 Å². The van der Waals surface area contributed by atoms with Crippen LogP contribution in [-0.4, -0.2) is 10.8 Å². The van der Waals surface area contributed by atoms with Crippen LogP contribution in [0.3, 0.4) is 0 Å². The van der Waals surface area contributed by atoms with Gasteiger partial charge in [-0.15, -0.1) is 0 Å². The van der Waals surface area contributed by atoms with Gasteiger partial charge in [-0.25, -0.2) is 0 Å². The average Bonchev–Trinajstić information content (AvgIpc) is 2.33. The van der Waals surface area contributed by atoms with Crippen molar-refractivity contribution in [2.24, 2.45) is 11.8 Å². The zero-order chi connectivity index (χ0) is 12.3. The Labute approximate surface area is 103 Å². The molecule has 1 aromatic rings. The van der Waals surface area contributed by atoms with Crippen molar-refractivity contribution in [1.82, 2.24) is 4.98 Å². The largest absolute Gasteiger partial charge is 0.299 e. The summed E-state index contributed by atoms with van der Waals surface area (Å²) in [5.74, 6) is 1.47. The first-order chi connectivity index (χ1) is 8.16. The van der Waals surface area contributed by atoms with E-state index in [9.17, 15) is 4.79 Å². The highest BCUT2D eigenvalue weighted by atomic mass is 16.1. The van der Waals surface area contributed by atoms with E-state index in [0.29, 0.717) is 12.2 Å². The Hall–Kier alpha value is -1.18. The molecular weight excluding hydrogens is 210 g/mol. The van der Waals surface area contributed by atoms with Crippen molar-refractivity contribution >= 4 is 5.78 Å². The van der Waals surface area contributed by atoms with Crippen molar-refractivity contribution in [3.8, 4) is 0 Å². The second-order valence-corrected chi connectivity index (χ2v) is 5.37. The molecule has 1 aliphatic carbocycles. The molecule has 0 saturated heterocycles. The minimum Gasteiger partial charge on any atom is -0.299 e. The van der Waals surface area contributed by atoms with Crippen molar-refractivity contribution in [1.29, 1.82) is 0 Å². The Morgan fingerprint density at radius 1 is 1.35 bits per heavy atom. The lowest BCUT2D eigenvalue weighted by molar-refractivity contribution is -0.123. The maximum absolute atomic E-state index is 12.2. The Morgan fingerprint density at radius 2 is 2.06 bits per heavy atom. The summed E-state index contributed by atoms with van der Waals surface area (Å²) in [5, 5.41) is 0. The summed E-state index contributed by atoms with van der Waals surface area (Å²) in [6, 6.07) is 3.95. The highest BCUT2D eigenvalue weighted by Crippen LogP contribution is 2.29. The lowest BCUT2D eigenvalue weighted by Gasteiger charge is -2.25. The van der Waals surface area contributed by atoms with Gasteiger partial charge in [-0.1, -0.05) is 25.8 Å². The Balaban J connectivity index is 1.95. The van der Waals surface area contributed by atoms with Crippen LogP contribution in [0.1, 0.15) is 43.9 Å². The Kier molecular flexibility index (Phi) is 3.93. The molecule has 92 valence electrons. The molecule has 0 spiro atoms. The lowest BCUT2D eigenvalue weighted by atomic mass is 9.80. The van der Waals surface area contributed by atoms with E-state index in [2.05, 4.69) is 11.9 Å². The number of aromatic nitrogens is 1. The summed E-state index contributed by atoms with van der Waals surface area (Å²) in [4.78, 5) is 16.5. The van der Waals surface area contributed by atoms with Gasteiger partial charge < -0.3 is 0 Å². The first kappa shape index (κ1) is 12.3. The third-order valence-electron chi connectivity index (χ3n) is 3.93. The number of carbonyl (C=O) groups is 1. The van der Waals surface area contributed by atoms with Crippen LogP contribution in [0.15, 0.2) is 18.3 Å². The maximum Gasteiger partial charge on any atom is 0.141 e. The molecule has 0 atom stereocenters. The zero-order valence-electron chi connectivity index (χ0n) is 10.8. The molecule has 0 bridgehead atoms. The number of ketones is 1. The SMILES string of the molecule is Cc1cccnc1CC(=O)C1CCC(C)CC1. The highest BCUT2D eigenvalue weighted by molar-refractivity contribution is 5.83. The summed E-state index contributed by atoms with van der Waals surface area (Å²) in [7, 11) is 0. The molecule has 2 nitrogen and oxygen atoms in total. The average molecular weight is 231 g/mol. The van der Waals surface area contributed by atoms with Gasteiger partial charge >= 0.3 is 0 Å². The molecule has 0 aromatic carbocycles. The molecular formula is C15H21NO. The van der Waals surface area contributed by atoms with Crippen molar-refractivity contribution in [3.05, 3.63) is 29.6 Å². The van der Waals surface area contributed by atoms with Gasteiger partial charge in [0, 0.05) is 18.5 Å². The zero-order valence-corrected chi connectivity index (χ0v) is 10.8. The minimum absolute atomic E-state index is 0.285. The molecule has 0 radical (unpaired) electrons. The number of hydrogen-bond donors (Lipinski definition) is 0. The van der Waals surface area contributed by atoms with Crippen molar-refractivity contribution in [2.45, 2.75) is 46.0 Å². The first-order valence-electron chi connectivity index (χ1n) is 6.60. The van der Waals surface area contributed by atoms with Gasteiger partial charge in [-0.2, -0.15) is 0 Å². The molecule has 0 amide bonds. The van der Waals surface area contributed by atoms with Crippen LogP contribution in [0.4, 0.5) is 0 Å². The number of aryl methyl sites for hydroxylation is 1. The summed E-state index contributed by atoms with van der Waals surface area (Å²) in [6.07, 6.45) is 6.86. The Morgan fingerprint density at radius 3 is 2.71 bits per heavy atom. The van der Waals surface area contributed by atoms with Crippen molar-refractivity contribution < 1.29 is 4.79 Å². The normalized spacial score (nSPS) is 24.6. The molecule has 2 rings (SSSR count). The van der Waals surface area contributed by atoms with Crippen LogP contribution >= 0.6 is 0 Å². The molecule has 1 aliphatic rings. The van der Waals surface area contributed by atoms with Crippen molar-refractivity contribution in [2.75, 3.05) is 0 Å². The molecule has 1 heterocycles. The van der Waals surface area contributed by atoms with E-state index < -0.39 is 0 Å². The van der Waals surface area contributed by atoms with Crippen LogP contribution in [0, 0.1) is 18.8 Å². The van der Waals surface area contributed by atoms with E-state index in [4.69, 9.17) is 0 Å². The highest BCUT2D eigenvalue weighted by Gasteiger charge is 2.24. The van der Waals surface area contributed by atoms with E-state index in [1.165, 1.54) is 12.8 Å². The monoisotopic (exact) mass is 231 g/mol. The fraction of sp³-hybridized carbons (Fsp3) is 0.600. The van der Waals surface area contributed by atoms with Gasteiger partial charge in [-0.3, -0.25) is 9.78 Å². The van der Waals surface area contributed by atoms with Crippen molar-refractivity contribution in [3.63, 3.8) is 0 Å². The molecule has 1 aromatic heterocycles. The fourth-order valence-electron chi connectivity index (χ4n) is 2.59. The molecule has 17 heavy (non-hydrogen) atoms. The number of nitrogens with zero attached hydrogens (tertiary/aromatic N) is 1. The molecule has 0 aliphatic heterocycles. The van der Waals surface area contributed by atoms with Crippen LogP contribution in [0.5, 0.6) is 0 Å². The Bertz CT molecular complexity index is 392. The van der Waals surface area contributed by atoms with Gasteiger partial charge in [0.2, 0.25) is 0 Å². The first-order valence-corrected chi connectivity index (χ1v) is 6.60. The van der Waals surface area contributed by atoms with E-state index in [0.717, 1.165) is 30.0 Å². The predicted octanol–water partition coefficient (Wildman–Crippen LogP) is 3.33. The molecule has 0 N–H and O–H groups in total. The third-order valence-corrected chi connectivity index (χ3v) is 3.93. The smallest absolute Gasteiger partial charge is 0.141 e. The maximum atomic E-state index is 12.2. The predicted molar refractivity (Wildman–Crippen MR) is 68.8 cm³/mol. The second kappa shape index (κ2) is 5.44. The van der Waals surface area contributed by atoms with Crippen LogP contribution < -0.4 is 0 Å². The third kappa shape index (κ3) is 3.15. The van der Waals surface area contributed by atoms with E-state index >= 15 is 0 Å². The number of Topliss-reactive ketones (excluding diaryl/α,β-unsaturated/α-hetero) is 1. The summed E-state index contributed by atoms with van der Waals surface area (Å²) in [6.45, 7) is 4.31. The summed E-state index contributed by atoms with van der Waals surface area (Å²) in [5.41, 5.74) is 2.08. The number of pyridine rings is 1. The number of rotatable bonds is 3. The quantitative estimate of drug-likeness (QED) is 0.798. The van der Waals surface area contributed by atoms with E-state index in [1.54, 1.807) is 6.20 Å². The van der Waals surface area contributed by atoms with Crippen LogP contribution in [-0.2, 0) is 11.2 Å². The standard InChI is InChI=1S/C15H21NO/c1-11-5-7-13(8-6-11)15(17)10-14-12(2)4-3-9-16-14/h3-4,9,11,13H,5-8,10H2,1-2H3.